The van der Waals surface area contributed by atoms with Crippen LogP contribution in [-0.2, 0) is 10.0 Å². The second-order valence-electron chi connectivity index (χ2n) is 3.50. The predicted octanol–water partition coefficient (Wildman–Crippen LogP) is -0.242. The van der Waals surface area contributed by atoms with Crippen molar-refractivity contribution in [1.82, 2.24) is 4.31 Å². The molecule has 0 spiro atoms. The molecule has 0 radical (unpaired) electrons. The van der Waals surface area contributed by atoms with Gasteiger partial charge in [0.15, 0.2) is 0 Å². The lowest BCUT2D eigenvalue weighted by atomic mass is 10.3. The highest BCUT2D eigenvalue weighted by Gasteiger charge is 2.31. The van der Waals surface area contributed by atoms with Crippen LogP contribution in [0.3, 0.4) is 0 Å². The van der Waals surface area contributed by atoms with Crippen LogP contribution in [0.2, 0.25) is 0 Å². The van der Waals surface area contributed by atoms with E-state index in [1.165, 1.54) is 4.31 Å². The Bertz CT molecular complexity index is 248. The smallest absolute Gasteiger partial charge is 0.216 e. The van der Waals surface area contributed by atoms with Crippen LogP contribution in [0.25, 0.3) is 0 Å². The molecular formula is C7H16N2O2S. The van der Waals surface area contributed by atoms with Gasteiger partial charge in [-0.05, 0) is 20.3 Å². The number of sulfonamides is 1. The summed E-state index contributed by atoms with van der Waals surface area (Å²) < 4.78 is 24.6. The Morgan fingerprint density at radius 3 is 2.42 bits per heavy atom. The maximum atomic E-state index is 11.5. The Labute approximate surface area is 73.8 Å². The van der Waals surface area contributed by atoms with Crippen LogP contribution in [0.4, 0.5) is 0 Å². The van der Waals surface area contributed by atoms with Crippen molar-refractivity contribution in [3.63, 3.8) is 0 Å². The van der Waals surface area contributed by atoms with E-state index in [1.807, 2.05) is 0 Å². The zero-order chi connectivity index (χ0) is 9.35. The molecule has 1 atom stereocenters. The fourth-order valence-electron chi connectivity index (χ4n) is 1.28. The molecule has 1 aliphatic rings. The topological polar surface area (TPSA) is 63.4 Å². The molecule has 0 unspecified atom stereocenters. The zero-order valence-electron chi connectivity index (χ0n) is 7.53. The zero-order valence-corrected chi connectivity index (χ0v) is 8.34. The van der Waals surface area contributed by atoms with Gasteiger partial charge in [0.25, 0.3) is 0 Å². The summed E-state index contributed by atoms with van der Waals surface area (Å²) in [5, 5.41) is -0.331. The quantitative estimate of drug-likeness (QED) is 0.656. The molecule has 1 fully saturated rings. The molecule has 0 saturated carbocycles. The van der Waals surface area contributed by atoms with E-state index in [9.17, 15) is 8.42 Å². The molecule has 0 aromatic carbocycles. The van der Waals surface area contributed by atoms with Gasteiger partial charge < -0.3 is 5.73 Å². The summed E-state index contributed by atoms with van der Waals surface area (Å²) in [5.74, 6) is 0. The summed E-state index contributed by atoms with van der Waals surface area (Å²) in [6.07, 6.45) is 0.784. The highest BCUT2D eigenvalue weighted by molar-refractivity contribution is 7.89. The lowest BCUT2D eigenvalue weighted by Gasteiger charge is -2.18. The first-order chi connectivity index (χ1) is 5.44. The van der Waals surface area contributed by atoms with Gasteiger partial charge in [-0.25, -0.2) is 12.7 Å². The van der Waals surface area contributed by atoms with E-state index in [0.29, 0.717) is 13.1 Å². The van der Waals surface area contributed by atoms with E-state index in [4.69, 9.17) is 5.73 Å². The van der Waals surface area contributed by atoms with Gasteiger partial charge in [0.1, 0.15) is 0 Å². The van der Waals surface area contributed by atoms with E-state index in [-0.39, 0.29) is 11.3 Å². The van der Waals surface area contributed by atoms with Crippen molar-refractivity contribution in [2.75, 3.05) is 13.1 Å². The standard InChI is InChI=1S/C7H16N2O2S/c1-6(2)12(10,11)9-4-3-7(8)5-9/h6-7H,3-5,8H2,1-2H3/t7-/m0/s1. The van der Waals surface area contributed by atoms with Crippen molar-refractivity contribution >= 4 is 10.0 Å². The van der Waals surface area contributed by atoms with Gasteiger partial charge in [-0.1, -0.05) is 0 Å². The summed E-state index contributed by atoms with van der Waals surface area (Å²) in [7, 11) is -3.06. The highest BCUT2D eigenvalue weighted by Crippen LogP contribution is 2.15. The molecule has 2 N–H and O–H groups in total. The molecule has 4 nitrogen and oxygen atoms in total. The van der Waals surface area contributed by atoms with E-state index in [0.717, 1.165) is 6.42 Å². The van der Waals surface area contributed by atoms with Crippen LogP contribution in [0.15, 0.2) is 0 Å². The SMILES string of the molecule is CC(C)S(=O)(=O)N1CC[C@H](N)C1. The molecule has 12 heavy (non-hydrogen) atoms. The molecule has 1 saturated heterocycles. The van der Waals surface area contributed by atoms with Gasteiger partial charge in [0.2, 0.25) is 10.0 Å². The molecule has 1 aliphatic heterocycles. The Morgan fingerprint density at radius 2 is 2.08 bits per heavy atom. The summed E-state index contributed by atoms with van der Waals surface area (Å²) >= 11 is 0. The lowest BCUT2D eigenvalue weighted by Crippen LogP contribution is -2.36. The Balaban J connectivity index is 2.71. The third-order valence-corrected chi connectivity index (χ3v) is 4.39. The molecule has 1 rings (SSSR count). The molecule has 0 aliphatic carbocycles. The van der Waals surface area contributed by atoms with Gasteiger partial charge in [-0.3, -0.25) is 0 Å². The van der Waals surface area contributed by atoms with Crippen LogP contribution in [0, 0.1) is 0 Å². The van der Waals surface area contributed by atoms with Gasteiger partial charge in [0.05, 0.1) is 5.25 Å². The second kappa shape index (κ2) is 3.32. The molecule has 0 aromatic rings. The predicted molar refractivity (Wildman–Crippen MR) is 48.2 cm³/mol. The minimum Gasteiger partial charge on any atom is -0.326 e. The van der Waals surface area contributed by atoms with Crippen LogP contribution in [-0.4, -0.2) is 37.1 Å². The largest absolute Gasteiger partial charge is 0.326 e. The van der Waals surface area contributed by atoms with Crippen LogP contribution >= 0.6 is 0 Å². The van der Waals surface area contributed by atoms with Gasteiger partial charge >= 0.3 is 0 Å². The van der Waals surface area contributed by atoms with Gasteiger partial charge in [-0.15, -0.1) is 0 Å². The Morgan fingerprint density at radius 1 is 1.50 bits per heavy atom. The van der Waals surface area contributed by atoms with Crippen molar-refractivity contribution in [2.45, 2.75) is 31.6 Å². The van der Waals surface area contributed by atoms with Crippen molar-refractivity contribution in [1.29, 1.82) is 0 Å². The van der Waals surface area contributed by atoms with E-state index in [2.05, 4.69) is 0 Å². The third kappa shape index (κ3) is 1.78. The molecular weight excluding hydrogens is 176 g/mol. The number of rotatable bonds is 2. The normalized spacial score (nSPS) is 26.8. The lowest BCUT2D eigenvalue weighted by molar-refractivity contribution is 0.465. The molecule has 5 heteroatoms. The van der Waals surface area contributed by atoms with Crippen LogP contribution < -0.4 is 5.73 Å². The van der Waals surface area contributed by atoms with Crippen LogP contribution in [0.1, 0.15) is 20.3 Å². The monoisotopic (exact) mass is 192 g/mol. The first kappa shape index (κ1) is 9.95. The number of hydrogen-bond acceptors (Lipinski definition) is 3. The summed E-state index contributed by atoms with van der Waals surface area (Å²) in [4.78, 5) is 0. The van der Waals surface area contributed by atoms with Gasteiger partial charge in [0, 0.05) is 19.1 Å². The van der Waals surface area contributed by atoms with Crippen molar-refractivity contribution in [2.24, 2.45) is 5.73 Å². The maximum absolute atomic E-state index is 11.5. The fourth-order valence-corrected chi connectivity index (χ4v) is 2.64. The summed E-state index contributed by atoms with van der Waals surface area (Å²) in [6, 6.07) is 0.0264. The molecule has 0 aromatic heterocycles. The summed E-state index contributed by atoms with van der Waals surface area (Å²) in [5.41, 5.74) is 5.62. The minimum absolute atomic E-state index is 0.0264. The third-order valence-electron chi connectivity index (χ3n) is 2.14. The van der Waals surface area contributed by atoms with E-state index < -0.39 is 10.0 Å². The average Bonchev–Trinajstić information content (AvgIpc) is 2.35. The fraction of sp³-hybridized carbons (Fsp3) is 1.00. The van der Waals surface area contributed by atoms with E-state index >= 15 is 0 Å². The van der Waals surface area contributed by atoms with Crippen molar-refractivity contribution in [3.8, 4) is 0 Å². The number of hydrogen-bond donors (Lipinski definition) is 1. The number of nitrogens with two attached hydrogens (primary N) is 1. The highest BCUT2D eigenvalue weighted by atomic mass is 32.2. The number of nitrogens with zero attached hydrogens (tertiary/aromatic N) is 1. The van der Waals surface area contributed by atoms with Crippen LogP contribution in [0.5, 0.6) is 0 Å². The first-order valence-corrected chi connectivity index (χ1v) is 5.69. The molecule has 0 amide bonds. The van der Waals surface area contributed by atoms with Gasteiger partial charge in [-0.2, -0.15) is 0 Å². The van der Waals surface area contributed by atoms with E-state index in [1.54, 1.807) is 13.8 Å². The molecule has 0 bridgehead atoms. The second-order valence-corrected chi connectivity index (χ2v) is 5.99. The van der Waals surface area contributed by atoms with Crippen molar-refractivity contribution in [3.05, 3.63) is 0 Å². The minimum atomic E-state index is -3.06. The Kier molecular flexibility index (Phi) is 2.75. The molecule has 72 valence electrons. The Hall–Kier alpha value is -0.130. The average molecular weight is 192 g/mol. The molecule has 1 heterocycles. The first-order valence-electron chi connectivity index (χ1n) is 4.19. The maximum Gasteiger partial charge on any atom is 0.216 e. The summed E-state index contributed by atoms with van der Waals surface area (Å²) in [6.45, 7) is 4.46. The van der Waals surface area contributed by atoms with Crippen molar-refractivity contribution < 1.29 is 8.42 Å².